The average Bonchev–Trinajstić information content (AvgIpc) is 3.41. The predicted octanol–water partition coefficient (Wildman–Crippen LogP) is 15.1. The first kappa shape index (κ1) is 70.9. The molecule has 0 bridgehead atoms. The summed E-state index contributed by atoms with van der Waals surface area (Å²) in [5, 5.41) is 56.8. The number of hydrogen-bond acceptors (Lipinski definition) is 10. The number of esters is 1. The highest BCUT2D eigenvalue weighted by Gasteiger charge is 2.47. The molecular weight excluding hydrogens is 943 g/mol. The second kappa shape index (κ2) is 52.6. The molecule has 8 atom stereocenters. The van der Waals surface area contributed by atoms with E-state index in [4.69, 9.17) is 14.2 Å². The first-order valence-electron chi connectivity index (χ1n) is 31.8. The van der Waals surface area contributed by atoms with Crippen LogP contribution in [0.25, 0.3) is 0 Å². The smallest absolute Gasteiger partial charge is 0.306 e. The van der Waals surface area contributed by atoms with Crippen molar-refractivity contribution in [1.29, 1.82) is 0 Å². The van der Waals surface area contributed by atoms with Gasteiger partial charge in [0.15, 0.2) is 12.4 Å². The van der Waals surface area contributed by atoms with E-state index in [1.54, 1.807) is 6.08 Å². The molecule has 75 heavy (non-hydrogen) atoms. The molecule has 1 aliphatic rings. The Balaban J connectivity index is 2.54. The van der Waals surface area contributed by atoms with Crippen LogP contribution in [0, 0.1) is 0 Å². The number of carbonyl (C=O) groups is 2. The summed E-state index contributed by atoms with van der Waals surface area (Å²) < 4.78 is 17.6. The van der Waals surface area contributed by atoms with Gasteiger partial charge in [-0.15, -0.1) is 0 Å². The molecule has 0 aromatic heterocycles. The van der Waals surface area contributed by atoms with Crippen LogP contribution >= 0.6 is 0 Å². The van der Waals surface area contributed by atoms with Gasteiger partial charge in [0.05, 0.1) is 25.4 Å². The Morgan fingerprint density at radius 1 is 0.520 bits per heavy atom. The van der Waals surface area contributed by atoms with Gasteiger partial charge in [0, 0.05) is 6.42 Å². The Kier molecular flexibility index (Phi) is 49.7. The molecule has 0 saturated carbocycles. The zero-order valence-electron chi connectivity index (χ0n) is 48.7. The largest absolute Gasteiger partial charge is 0.454 e. The fourth-order valence-electron chi connectivity index (χ4n) is 9.98. The van der Waals surface area contributed by atoms with E-state index in [-0.39, 0.29) is 13.0 Å². The van der Waals surface area contributed by atoms with Gasteiger partial charge in [-0.3, -0.25) is 9.59 Å². The van der Waals surface area contributed by atoms with Crippen LogP contribution in [-0.2, 0) is 23.8 Å². The number of hydrogen-bond donors (Lipinski definition) is 6. The third-order valence-corrected chi connectivity index (χ3v) is 15.0. The van der Waals surface area contributed by atoms with Crippen molar-refractivity contribution >= 4 is 11.9 Å². The van der Waals surface area contributed by atoms with Gasteiger partial charge in [-0.1, -0.05) is 269 Å². The Bertz CT molecular complexity index is 1360. The molecular formula is C64H119NO10. The number of aliphatic hydroxyl groups is 5. The highest BCUT2D eigenvalue weighted by molar-refractivity contribution is 5.80. The van der Waals surface area contributed by atoms with E-state index in [0.717, 1.165) is 64.2 Å². The zero-order valence-corrected chi connectivity index (χ0v) is 48.7. The minimum atomic E-state index is -1.61. The third-order valence-electron chi connectivity index (χ3n) is 15.0. The SMILES string of the molecule is CCCCC/C=C\C/C=C\CCCCCCCCCCCCCCCCCC(=O)OC1C(OCC(NC(=O)C(O)CCCCCCCCCCCC)C(O)/C=C/CCCCCCCCCCC)OC(CO)C(O)C1O. The molecule has 0 radical (unpaired) electrons. The number of rotatable bonds is 54. The normalized spacial score (nSPS) is 19.4. The minimum absolute atomic E-state index is 0.127. The molecule has 1 heterocycles. The average molecular weight is 1060 g/mol. The maximum atomic E-state index is 13.3. The quantitative estimate of drug-likeness (QED) is 0.0195. The second-order valence-corrected chi connectivity index (χ2v) is 22.1. The van der Waals surface area contributed by atoms with E-state index in [2.05, 4.69) is 50.4 Å². The van der Waals surface area contributed by atoms with Crippen LogP contribution in [0.15, 0.2) is 36.5 Å². The highest BCUT2D eigenvalue weighted by Crippen LogP contribution is 2.26. The van der Waals surface area contributed by atoms with E-state index in [1.807, 2.05) is 6.08 Å². The fourth-order valence-corrected chi connectivity index (χ4v) is 9.98. The molecule has 11 nitrogen and oxygen atoms in total. The Morgan fingerprint density at radius 2 is 0.920 bits per heavy atom. The van der Waals surface area contributed by atoms with Gasteiger partial charge >= 0.3 is 5.97 Å². The molecule has 0 aliphatic carbocycles. The van der Waals surface area contributed by atoms with Gasteiger partial charge in [0.2, 0.25) is 5.91 Å². The fraction of sp³-hybridized carbons (Fsp3) is 0.875. The first-order valence-corrected chi connectivity index (χ1v) is 31.8. The number of unbranched alkanes of at least 4 members (excludes halogenated alkanes) is 36. The summed E-state index contributed by atoms with van der Waals surface area (Å²) in [6.07, 6.45) is 52.0. The van der Waals surface area contributed by atoms with Crippen LogP contribution in [0.2, 0.25) is 0 Å². The van der Waals surface area contributed by atoms with E-state index in [0.29, 0.717) is 19.3 Å². The molecule has 0 aromatic carbocycles. The summed E-state index contributed by atoms with van der Waals surface area (Å²) in [6.45, 7) is 5.76. The van der Waals surface area contributed by atoms with E-state index < -0.39 is 67.4 Å². The van der Waals surface area contributed by atoms with Gasteiger partial charge in [-0.2, -0.15) is 0 Å². The van der Waals surface area contributed by atoms with Gasteiger partial charge in [0.1, 0.15) is 24.4 Å². The monoisotopic (exact) mass is 1060 g/mol. The summed E-state index contributed by atoms with van der Waals surface area (Å²) in [4.78, 5) is 26.5. The summed E-state index contributed by atoms with van der Waals surface area (Å²) >= 11 is 0. The zero-order chi connectivity index (χ0) is 54.7. The topological polar surface area (TPSA) is 175 Å². The van der Waals surface area contributed by atoms with Crippen LogP contribution in [0.5, 0.6) is 0 Å². The molecule has 1 fully saturated rings. The molecule has 440 valence electrons. The van der Waals surface area contributed by atoms with Crippen LogP contribution in [0.1, 0.15) is 297 Å². The summed E-state index contributed by atoms with van der Waals surface area (Å²) in [5.41, 5.74) is 0. The van der Waals surface area contributed by atoms with Crippen LogP contribution in [0.3, 0.4) is 0 Å². The van der Waals surface area contributed by atoms with Gasteiger partial charge < -0.3 is 45.1 Å². The third kappa shape index (κ3) is 40.7. The van der Waals surface area contributed by atoms with Crippen molar-refractivity contribution in [2.45, 2.75) is 346 Å². The second-order valence-electron chi connectivity index (χ2n) is 22.1. The summed E-state index contributed by atoms with van der Waals surface area (Å²) in [5.74, 6) is -1.19. The van der Waals surface area contributed by atoms with Gasteiger partial charge in [0.25, 0.3) is 0 Å². The molecule has 6 N–H and O–H groups in total. The van der Waals surface area contributed by atoms with Crippen molar-refractivity contribution in [3.05, 3.63) is 36.5 Å². The molecule has 0 aromatic rings. The van der Waals surface area contributed by atoms with E-state index in [1.165, 1.54) is 186 Å². The Morgan fingerprint density at radius 3 is 1.39 bits per heavy atom. The highest BCUT2D eigenvalue weighted by atomic mass is 16.7. The van der Waals surface area contributed by atoms with Crippen molar-refractivity contribution in [2.24, 2.45) is 0 Å². The molecule has 8 unspecified atom stereocenters. The molecule has 0 spiro atoms. The lowest BCUT2D eigenvalue weighted by atomic mass is 9.99. The number of ether oxygens (including phenoxy) is 3. The maximum Gasteiger partial charge on any atom is 0.306 e. The number of aliphatic hydroxyl groups excluding tert-OH is 5. The van der Waals surface area contributed by atoms with Crippen molar-refractivity contribution < 1.29 is 49.3 Å². The number of carbonyl (C=O) groups excluding carboxylic acids is 2. The van der Waals surface area contributed by atoms with Crippen LogP contribution in [-0.4, -0.2) is 99.6 Å². The molecule has 1 amide bonds. The number of allylic oxidation sites excluding steroid dienone is 5. The molecule has 11 heteroatoms. The van der Waals surface area contributed by atoms with Crippen molar-refractivity contribution in [3.63, 3.8) is 0 Å². The molecule has 1 saturated heterocycles. The maximum absolute atomic E-state index is 13.3. The predicted molar refractivity (Wildman–Crippen MR) is 311 cm³/mol. The van der Waals surface area contributed by atoms with Crippen molar-refractivity contribution in [2.75, 3.05) is 13.2 Å². The van der Waals surface area contributed by atoms with Crippen molar-refractivity contribution in [1.82, 2.24) is 5.32 Å². The number of amides is 1. The van der Waals surface area contributed by atoms with E-state index in [9.17, 15) is 35.1 Å². The first-order chi connectivity index (χ1) is 36.7. The van der Waals surface area contributed by atoms with Crippen LogP contribution < -0.4 is 5.32 Å². The van der Waals surface area contributed by atoms with Gasteiger partial charge in [-0.25, -0.2) is 0 Å². The van der Waals surface area contributed by atoms with Crippen LogP contribution in [0.4, 0.5) is 0 Å². The molecule has 1 aliphatic heterocycles. The van der Waals surface area contributed by atoms with Crippen molar-refractivity contribution in [3.8, 4) is 0 Å². The van der Waals surface area contributed by atoms with Gasteiger partial charge in [-0.05, 0) is 57.8 Å². The van der Waals surface area contributed by atoms with E-state index >= 15 is 0 Å². The summed E-state index contributed by atoms with van der Waals surface area (Å²) in [7, 11) is 0. The lowest BCUT2D eigenvalue weighted by Gasteiger charge is -2.41. The summed E-state index contributed by atoms with van der Waals surface area (Å²) in [6, 6.07) is -1.02. The Labute approximate surface area is 460 Å². The molecule has 1 rings (SSSR count). The lowest BCUT2D eigenvalue weighted by molar-refractivity contribution is -0.305. The standard InChI is InChI=1S/C64H119NO10/c1-4-7-10-13-16-19-22-23-24-25-26-27-28-29-30-31-32-33-34-35-37-40-43-46-49-52-59(69)75-62-61(71)60(70)58(53-66)74-64(62)73-54-55(56(67)50-47-44-41-39-36-20-17-14-11-8-5-2)65-63(72)57(68)51-48-45-42-38-21-18-15-12-9-6-3/h16,19,23-24,47,50,55-58,60-62,64,66-68,70-71H,4-15,17-18,20-22,25-46,48-49,51-54H2,1-3H3,(H,65,72)/b19-16-,24-23-,50-47+. The minimum Gasteiger partial charge on any atom is -0.454 e. The lowest BCUT2D eigenvalue weighted by Crippen LogP contribution is -2.61. The number of nitrogens with one attached hydrogen (secondary N) is 1. The Hall–Kier alpha value is -2.12.